The van der Waals surface area contributed by atoms with E-state index in [2.05, 4.69) is 31.7 Å². The van der Waals surface area contributed by atoms with Crippen LogP contribution in [0.2, 0.25) is 0 Å². The Balaban J connectivity index is 1.85. The molecule has 1 heterocycles. The van der Waals surface area contributed by atoms with Gasteiger partial charge >= 0.3 is 0 Å². The lowest BCUT2D eigenvalue weighted by Crippen LogP contribution is -2.29. The maximum absolute atomic E-state index is 12.8. The first-order chi connectivity index (χ1) is 10.5. The number of hydrogen-bond acceptors (Lipinski definition) is 4. The van der Waals surface area contributed by atoms with Gasteiger partial charge in [0, 0.05) is 25.7 Å². The number of hydrogen-bond donors (Lipinski definition) is 2. The maximum atomic E-state index is 12.8. The van der Waals surface area contributed by atoms with Crippen LogP contribution >= 0.6 is 15.9 Å². The Morgan fingerprint density at radius 3 is 2.68 bits per heavy atom. The fourth-order valence-electron chi connectivity index (χ4n) is 1.71. The average Bonchev–Trinajstić information content (AvgIpc) is 2.51. The van der Waals surface area contributed by atoms with E-state index in [0.717, 1.165) is 0 Å². The Bertz CT molecular complexity index is 731. The first-order valence-corrected chi connectivity index (χ1v) is 7.28. The SMILES string of the molecule is Cn1ncc(NCCNC(=O)c2ccc(F)cc2)c(Br)c1=O. The van der Waals surface area contributed by atoms with E-state index in [1.54, 1.807) is 7.05 Å². The van der Waals surface area contributed by atoms with Crippen molar-refractivity contribution in [1.82, 2.24) is 15.1 Å². The Morgan fingerprint density at radius 2 is 2.00 bits per heavy atom. The van der Waals surface area contributed by atoms with Gasteiger partial charge in [-0.15, -0.1) is 0 Å². The molecule has 6 nitrogen and oxygen atoms in total. The molecule has 2 N–H and O–H groups in total. The summed E-state index contributed by atoms with van der Waals surface area (Å²) in [6.45, 7) is 0.762. The van der Waals surface area contributed by atoms with Crippen molar-refractivity contribution in [1.29, 1.82) is 0 Å². The minimum absolute atomic E-state index is 0.250. The predicted octanol–water partition coefficient (Wildman–Crippen LogP) is 1.52. The molecular formula is C14H14BrFN4O2. The molecule has 8 heteroatoms. The van der Waals surface area contributed by atoms with Crippen LogP contribution in [0.4, 0.5) is 10.1 Å². The zero-order valence-electron chi connectivity index (χ0n) is 11.8. The number of benzene rings is 1. The number of carbonyl (C=O) groups excluding carboxylic acids is 1. The standard InChI is InChI=1S/C14H14BrFN4O2/c1-20-14(22)12(15)11(8-19-20)17-6-7-18-13(21)9-2-4-10(16)5-3-9/h2-5,8,17H,6-7H2,1H3,(H,18,21). The molecule has 1 aromatic carbocycles. The molecule has 0 aliphatic rings. The van der Waals surface area contributed by atoms with Crippen LogP contribution in [0.15, 0.2) is 39.7 Å². The van der Waals surface area contributed by atoms with Crippen molar-refractivity contribution in [3.05, 3.63) is 56.7 Å². The van der Waals surface area contributed by atoms with Crippen LogP contribution < -0.4 is 16.2 Å². The molecule has 116 valence electrons. The second kappa shape index (κ2) is 7.17. The van der Waals surface area contributed by atoms with Crippen molar-refractivity contribution in [3.63, 3.8) is 0 Å². The summed E-state index contributed by atoms with van der Waals surface area (Å²) < 4.78 is 14.4. The van der Waals surface area contributed by atoms with Crippen LogP contribution in [0.1, 0.15) is 10.4 Å². The zero-order valence-corrected chi connectivity index (χ0v) is 13.4. The summed E-state index contributed by atoms with van der Waals surface area (Å²) in [6, 6.07) is 5.30. The number of amides is 1. The Hall–Kier alpha value is -2.22. The fourth-order valence-corrected chi connectivity index (χ4v) is 2.21. The van der Waals surface area contributed by atoms with Crippen molar-refractivity contribution in [2.75, 3.05) is 18.4 Å². The third-order valence-electron chi connectivity index (χ3n) is 2.91. The Labute approximate surface area is 134 Å². The summed E-state index contributed by atoms with van der Waals surface area (Å²) in [5.41, 5.74) is 0.692. The van der Waals surface area contributed by atoms with E-state index in [9.17, 15) is 14.0 Å². The smallest absolute Gasteiger partial charge is 0.282 e. The number of aryl methyl sites for hydroxylation is 1. The second-order valence-corrected chi connectivity index (χ2v) is 5.28. The number of carbonyl (C=O) groups is 1. The lowest BCUT2D eigenvalue weighted by Gasteiger charge is -2.09. The van der Waals surface area contributed by atoms with Gasteiger partial charge in [-0.1, -0.05) is 0 Å². The normalized spacial score (nSPS) is 10.3. The van der Waals surface area contributed by atoms with Crippen molar-refractivity contribution >= 4 is 27.5 Å². The van der Waals surface area contributed by atoms with Crippen molar-refractivity contribution in [2.24, 2.45) is 7.05 Å². The molecule has 0 aliphatic carbocycles. The minimum atomic E-state index is -0.388. The molecule has 1 amide bonds. The Morgan fingerprint density at radius 1 is 1.32 bits per heavy atom. The molecule has 0 spiro atoms. The van der Waals surface area contributed by atoms with E-state index >= 15 is 0 Å². The molecule has 2 rings (SSSR count). The molecule has 0 radical (unpaired) electrons. The zero-order chi connectivity index (χ0) is 16.1. The second-order valence-electron chi connectivity index (χ2n) is 4.49. The molecule has 0 atom stereocenters. The van der Waals surface area contributed by atoms with Crippen LogP contribution in [-0.2, 0) is 7.05 Å². The maximum Gasteiger partial charge on any atom is 0.282 e. The van der Waals surface area contributed by atoms with E-state index < -0.39 is 0 Å². The molecule has 0 bridgehead atoms. The molecule has 0 fully saturated rings. The molecule has 0 unspecified atom stereocenters. The molecular weight excluding hydrogens is 355 g/mol. The van der Waals surface area contributed by atoms with Crippen LogP contribution in [-0.4, -0.2) is 28.8 Å². The topological polar surface area (TPSA) is 76.0 Å². The summed E-state index contributed by atoms with van der Waals surface area (Å²) >= 11 is 3.20. The van der Waals surface area contributed by atoms with E-state index in [-0.39, 0.29) is 17.3 Å². The summed E-state index contributed by atoms with van der Waals surface area (Å²) in [6.07, 6.45) is 1.52. The number of nitrogens with one attached hydrogen (secondary N) is 2. The first kappa shape index (κ1) is 16.2. The van der Waals surface area contributed by atoms with Gasteiger partial charge in [-0.2, -0.15) is 5.10 Å². The van der Waals surface area contributed by atoms with Gasteiger partial charge in [0.1, 0.15) is 10.3 Å². The highest BCUT2D eigenvalue weighted by Gasteiger charge is 2.07. The van der Waals surface area contributed by atoms with Crippen LogP contribution in [0.25, 0.3) is 0 Å². The van der Waals surface area contributed by atoms with Gasteiger partial charge in [0.15, 0.2) is 0 Å². The van der Waals surface area contributed by atoms with Crippen molar-refractivity contribution < 1.29 is 9.18 Å². The van der Waals surface area contributed by atoms with Gasteiger partial charge in [0.25, 0.3) is 11.5 Å². The average molecular weight is 369 g/mol. The summed E-state index contributed by atoms with van der Waals surface area (Å²) in [5, 5.41) is 9.59. The number of rotatable bonds is 5. The Kier molecular flexibility index (Phi) is 5.26. The quantitative estimate of drug-likeness (QED) is 0.784. The third kappa shape index (κ3) is 3.91. The van der Waals surface area contributed by atoms with Crippen molar-refractivity contribution in [2.45, 2.75) is 0 Å². The molecule has 0 aliphatic heterocycles. The van der Waals surface area contributed by atoms with Crippen LogP contribution in [0.5, 0.6) is 0 Å². The summed E-state index contributed by atoms with van der Waals surface area (Å²) in [5.74, 6) is -0.677. The lowest BCUT2D eigenvalue weighted by molar-refractivity contribution is 0.0955. The first-order valence-electron chi connectivity index (χ1n) is 6.48. The predicted molar refractivity (Wildman–Crippen MR) is 84.4 cm³/mol. The molecule has 2 aromatic rings. The highest BCUT2D eigenvalue weighted by Crippen LogP contribution is 2.15. The molecule has 0 saturated carbocycles. The van der Waals surface area contributed by atoms with Gasteiger partial charge in [0.2, 0.25) is 0 Å². The van der Waals surface area contributed by atoms with Crippen LogP contribution in [0, 0.1) is 5.82 Å². The highest BCUT2D eigenvalue weighted by molar-refractivity contribution is 9.10. The number of anilines is 1. The monoisotopic (exact) mass is 368 g/mol. The van der Waals surface area contributed by atoms with Gasteiger partial charge in [-0.25, -0.2) is 9.07 Å². The molecule has 22 heavy (non-hydrogen) atoms. The van der Waals surface area contributed by atoms with E-state index in [1.807, 2.05) is 0 Å². The third-order valence-corrected chi connectivity index (χ3v) is 3.68. The van der Waals surface area contributed by atoms with Crippen LogP contribution in [0.3, 0.4) is 0 Å². The lowest BCUT2D eigenvalue weighted by atomic mass is 10.2. The molecule has 0 saturated heterocycles. The van der Waals surface area contributed by atoms with Gasteiger partial charge < -0.3 is 10.6 Å². The van der Waals surface area contributed by atoms with Gasteiger partial charge in [-0.05, 0) is 40.2 Å². The van der Waals surface area contributed by atoms with Gasteiger partial charge in [0.05, 0.1) is 11.9 Å². The number of nitrogens with zero attached hydrogens (tertiary/aromatic N) is 2. The van der Waals surface area contributed by atoms with Gasteiger partial charge in [-0.3, -0.25) is 9.59 Å². The minimum Gasteiger partial charge on any atom is -0.381 e. The number of halogens is 2. The summed E-state index contributed by atoms with van der Waals surface area (Å²) in [4.78, 5) is 23.5. The fraction of sp³-hybridized carbons (Fsp3) is 0.214. The molecule has 1 aromatic heterocycles. The van der Waals surface area contributed by atoms with E-state index in [0.29, 0.717) is 28.8 Å². The summed E-state index contributed by atoms with van der Waals surface area (Å²) in [7, 11) is 1.56. The highest BCUT2D eigenvalue weighted by atomic mass is 79.9. The number of aromatic nitrogens is 2. The largest absolute Gasteiger partial charge is 0.381 e. The van der Waals surface area contributed by atoms with Crippen molar-refractivity contribution in [3.8, 4) is 0 Å². The van der Waals surface area contributed by atoms with E-state index in [1.165, 1.54) is 35.1 Å². The van der Waals surface area contributed by atoms with E-state index in [4.69, 9.17) is 0 Å².